The molecular formula is C21H24N2O2S2. The van der Waals surface area contributed by atoms with Gasteiger partial charge >= 0.3 is 0 Å². The van der Waals surface area contributed by atoms with Crippen LogP contribution in [0.25, 0.3) is 0 Å². The van der Waals surface area contributed by atoms with E-state index in [9.17, 15) is 4.79 Å². The lowest BCUT2D eigenvalue weighted by molar-refractivity contribution is 0.0937. The van der Waals surface area contributed by atoms with E-state index < -0.39 is 0 Å². The molecule has 4 nitrogen and oxygen atoms in total. The minimum atomic E-state index is -0.0300. The zero-order valence-electron chi connectivity index (χ0n) is 16.0. The maximum absolute atomic E-state index is 12.8. The van der Waals surface area contributed by atoms with Gasteiger partial charge in [-0.05, 0) is 52.0 Å². The second-order valence-corrected chi connectivity index (χ2v) is 9.07. The highest BCUT2D eigenvalue weighted by Gasteiger charge is 2.16. The zero-order valence-corrected chi connectivity index (χ0v) is 17.7. The molecule has 1 atom stereocenters. The van der Waals surface area contributed by atoms with Gasteiger partial charge in [0.1, 0.15) is 5.76 Å². The van der Waals surface area contributed by atoms with Crippen LogP contribution in [0.1, 0.15) is 44.1 Å². The molecule has 0 spiro atoms. The fourth-order valence-corrected chi connectivity index (χ4v) is 5.11. The van der Waals surface area contributed by atoms with Gasteiger partial charge in [0.2, 0.25) is 0 Å². The average Bonchev–Trinajstić information content (AvgIpc) is 3.18. The SMILES string of the molecule is Cc1ccc(CC(C)NC(=O)c2ccccc2SCc2c(C)noc2C)s1. The summed E-state index contributed by atoms with van der Waals surface area (Å²) in [6, 6.07) is 12.1. The molecule has 1 unspecified atom stereocenters. The summed E-state index contributed by atoms with van der Waals surface area (Å²) in [7, 11) is 0. The lowest BCUT2D eigenvalue weighted by atomic mass is 10.1. The quantitative estimate of drug-likeness (QED) is 0.546. The van der Waals surface area contributed by atoms with E-state index in [0.717, 1.165) is 34.1 Å². The van der Waals surface area contributed by atoms with E-state index in [4.69, 9.17) is 4.52 Å². The van der Waals surface area contributed by atoms with E-state index in [2.05, 4.69) is 29.5 Å². The zero-order chi connectivity index (χ0) is 19.4. The first-order chi connectivity index (χ1) is 12.9. The number of nitrogens with zero attached hydrogens (tertiary/aromatic N) is 1. The van der Waals surface area contributed by atoms with Crippen molar-refractivity contribution < 1.29 is 9.32 Å². The third-order valence-corrected chi connectivity index (χ3v) is 6.49. The Bertz CT molecular complexity index is 910. The van der Waals surface area contributed by atoms with Crippen molar-refractivity contribution in [2.24, 2.45) is 0 Å². The molecule has 3 rings (SSSR count). The molecule has 1 aromatic carbocycles. The van der Waals surface area contributed by atoms with Crippen molar-refractivity contribution in [3.8, 4) is 0 Å². The highest BCUT2D eigenvalue weighted by molar-refractivity contribution is 7.98. The summed E-state index contributed by atoms with van der Waals surface area (Å²) in [5.41, 5.74) is 2.71. The van der Waals surface area contributed by atoms with Crippen LogP contribution < -0.4 is 5.32 Å². The fourth-order valence-electron chi connectivity index (χ4n) is 2.89. The summed E-state index contributed by atoms with van der Waals surface area (Å²) in [5, 5.41) is 7.13. The van der Waals surface area contributed by atoms with Crippen LogP contribution >= 0.6 is 23.1 Å². The van der Waals surface area contributed by atoms with Crippen LogP contribution in [0.2, 0.25) is 0 Å². The van der Waals surface area contributed by atoms with Crippen LogP contribution in [0.5, 0.6) is 0 Å². The number of amides is 1. The van der Waals surface area contributed by atoms with E-state index in [-0.39, 0.29) is 11.9 Å². The average molecular weight is 401 g/mol. The van der Waals surface area contributed by atoms with Crippen molar-refractivity contribution in [1.82, 2.24) is 10.5 Å². The van der Waals surface area contributed by atoms with Crippen molar-refractivity contribution >= 4 is 29.0 Å². The first-order valence-corrected chi connectivity index (χ1v) is 10.7. The van der Waals surface area contributed by atoms with Gasteiger partial charge in [-0.15, -0.1) is 23.1 Å². The number of thiophene rings is 1. The first kappa shape index (κ1) is 19.7. The van der Waals surface area contributed by atoms with E-state index in [1.165, 1.54) is 9.75 Å². The van der Waals surface area contributed by atoms with E-state index >= 15 is 0 Å². The van der Waals surface area contributed by atoms with Gasteiger partial charge in [-0.3, -0.25) is 4.79 Å². The molecule has 142 valence electrons. The van der Waals surface area contributed by atoms with Gasteiger partial charge in [-0.25, -0.2) is 0 Å². The van der Waals surface area contributed by atoms with Crippen LogP contribution in [0.4, 0.5) is 0 Å². The minimum absolute atomic E-state index is 0.0300. The Morgan fingerprint density at radius 1 is 1.22 bits per heavy atom. The third-order valence-electron chi connectivity index (χ3n) is 4.37. The van der Waals surface area contributed by atoms with Gasteiger partial charge in [0.15, 0.2) is 0 Å². The van der Waals surface area contributed by atoms with E-state index in [0.29, 0.717) is 5.56 Å². The molecule has 2 aromatic heterocycles. The molecule has 1 amide bonds. The van der Waals surface area contributed by atoms with Gasteiger partial charge in [0, 0.05) is 38.4 Å². The number of benzene rings is 1. The largest absolute Gasteiger partial charge is 0.361 e. The fraction of sp³-hybridized carbons (Fsp3) is 0.333. The highest BCUT2D eigenvalue weighted by Crippen LogP contribution is 2.29. The maximum atomic E-state index is 12.8. The van der Waals surface area contributed by atoms with Crippen molar-refractivity contribution in [2.75, 3.05) is 0 Å². The summed E-state index contributed by atoms with van der Waals surface area (Å²) < 4.78 is 5.23. The van der Waals surface area contributed by atoms with Gasteiger partial charge in [0.25, 0.3) is 5.91 Å². The summed E-state index contributed by atoms with van der Waals surface area (Å²) in [5.74, 6) is 1.54. The van der Waals surface area contributed by atoms with Crippen molar-refractivity contribution in [2.45, 2.75) is 50.8 Å². The Balaban J connectivity index is 1.66. The molecule has 0 aliphatic carbocycles. The molecule has 6 heteroatoms. The van der Waals surface area contributed by atoms with E-state index in [1.54, 1.807) is 23.1 Å². The number of thioether (sulfide) groups is 1. The maximum Gasteiger partial charge on any atom is 0.252 e. The second kappa shape index (κ2) is 8.76. The molecule has 0 fully saturated rings. The molecule has 27 heavy (non-hydrogen) atoms. The lowest BCUT2D eigenvalue weighted by Crippen LogP contribution is -2.34. The summed E-state index contributed by atoms with van der Waals surface area (Å²) >= 11 is 3.42. The summed E-state index contributed by atoms with van der Waals surface area (Å²) in [4.78, 5) is 16.4. The van der Waals surface area contributed by atoms with Crippen molar-refractivity contribution in [3.63, 3.8) is 0 Å². The number of carbonyl (C=O) groups excluding carboxylic acids is 1. The third kappa shape index (κ3) is 5.02. The highest BCUT2D eigenvalue weighted by atomic mass is 32.2. The molecule has 0 radical (unpaired) electrons. The van der Waals surface area contributed by atoms with Gasteiger partial charge in [0.05, 0.1) is 11.3 Å². The van der Waals surface area contributed by atoms with Gasteiger partial charge < -0.3 is 9.84 Å². The normalized spacial score (nSPS) is 12.1. The number of rotatable bonds is 7. The monoisotopic (exact) mass is 400 g/mol. The molecule has 0 saturated heterocycles. The molecule has 3 aromatic rings. The van der Waals surface area contributed by atoms with Crippen LogP contribution in [0, 0.1) is 20.8 Å². The molecule has 0 aliphatic rings. The molecule has 0 aliphatic heterocycles. The summed E-state index contributed by atoms with van der Waals surface area (Å²) in [6.07, 6.45) is 0.846. The standard InChI is InChI=1S/C21H24N2O2S2/c1-13(11-17-10-9-14(2)27-17)22-21(24)18-7-5-6-8-20(18)26-12-19-15(3)23-25-16(19)4/h5-10,13H,11-12H2,1-4H3,(H,22,24). The van der Waals surface area contributed by atoms with Crippen LogP contribution in [0.3, 0.4) is 0 Å². The van der Waals surface area contributed by atoms with Crippen LogP contribution in [-0.4, -0.2) is 17.1 Å². The Labute approximate surface area is 168 Å². The molecule has 1 N–H and O–H groups in total. The van der Waals surface area contributed by atoms with E-state index in [1.807, 2.05) is 45.0 Å². The summed E-state index contributed by atoms with van der Waals surface area (Å²) in [6.45, 7) is 8.01. The van der Waals surface area contributed by atoms with Gasteiger partial charge in [-0.1, -0.05) is 17.3 Å². The van der Waals surface area contributed by atoms with Gasteiger partial charge in [-0.2, -0.15) is 0 Å². The predicted octanol–water partition coefficient (Wildman–Crippen LogP) is 5.31. The first-order valence-electron chi connectivity index (χ1n) is 8.93. The number of nitrogens with one attached hydrogen (secondary N) is 1. The molecule has 2 heterocycles. The number of hydrogen-bond donors (Lipinski definition) is 1. The number of hydrogen-bond acceptors (Lipinski definition) is 5. The number of carbonyl (C=O) groups is 1. The van der Waals surface area contributed by atoms with Crippen LogP contribution in [-0.2, 0) is 12.2 Å². The van der Waals surface area contributed by atoms with Crippen molar-refractivity contribution in [3.05, 3.63) is 68.7 Å². The van der Waals surface area contributed by atoms with Crippen molar-refractivity contribution in [1.29, 1.82) is 0 Å². The Hall–Kier alpha value is -2.05. The lowest BCUT2D eigenvalue weighted by Gasteiger charge is -2.15. The second-order valence-electron chi connectivity index (χ2n) is 6.68. The molecule has 0 saturated carbocycles. The van der Waals surface area contributed by atoms with Crippen LogP contribution in [0.15, 0.2) is 45.8 Å². The Morgan fingerprint density at radius 3 is 2.67 bits per heavy atom. The number of aromatic nitrogens is 1. The number of aryl methyl sites for hydroxylation is 3. The predicted molar refractivity (Wildman–Crippen MR) is 112 cm³/mol. The smallest absolute Gasteiger partial charge is 0.252 e. The molecular weight excluding hydrogens is 376 g/mol. The minimum Gasteiger partial charge on any atom is -0.361 e. The Morgan fingerprint density at radius 2 is 2.00 bits per heavy atom. The molecule has 0 bridgehead atoms. The Kier molecular flexibility index (Phi) is 6.39. The topological polar surface area (TPSA) is 55.1 Å².